The Balaban J connectivity index is 1.44. The summed E-state index contributed by atoms with van der Waals surface area (Å²) in [6.45, 7) is 4.60. The maximum absolute atomic E-state index is 3.51. The lowest BCUT2D eigenvalue weighted by Crippen LogP contribution is -2.28. The van der Waals surface area contributed by atoms with Gasteiger partial charge in [-0.05, 0) is 110 Å². The highest BCUT2D eigenvalue weighted by atomic mass is 32.2. The summed E-state index contributed by atoms with van der Waals surface area (Å²) in [6.07, 6.45) is 13.3. The minimum Gasteiger partial charge on any atom is -0.317 e. The average Bonchev–Trinajstić information content (AvgIpc) is 3.08. The molecule has 29 heavy (non-hydrogen) atoms. The van der Waals surface area contributed by atoms with E-state index >= 15 is 0 Å². The van der Waals surface area contributed by atoms with Gasteiger partial charge in [0.2, 0.25) is 0 Å². The zero-order valence-electron chi connectivity index (χ0n) is 17.5. The van der Waals surface area contributed by atoms with Crippen LogP contribution in [0.2, 0.25) is 0 Å². The standard InChI is InChI=1S/C27H31NS/c1-19-4-2-5-20-8-10-23(17-25(20)16-19)24-11-9-21-6-3-7-26(29-27(21)18-24)22-12-14-28-15-13-22/h4,7-11,17-18,22,28H,2-3,5-6,12-16H2,1H3. The van der Waals surface area contributed by atoms with E-state index in [0.29, 0.717) is 0 Å². The van der Waals surface area contributed by atoms with Crippen LogP contribution in [0, 0.1) is 5.92 Å². The molecule has 150 valence electrons. The van der Waals surface area contributed by atoms with Crippen LogP contribution in [0.5, 0.6) is 0 Å². The first-order valence-electron chi connectivity index (χ1n) is 11.3. The number of aryl methyl sites for hydroxylation is 2. The Kier molecular flexibility index (Phi) is 5.65. The third-order valence-electron chi connectivity index (χ3n) is 6.71. The van der Waals surface area contributed by atoms with E-state index in [9.17, 15) is 0 Å². The predicted molar refractivity (Wildman–Crippen MR) is 126 cm³/mol. The molecule has 0 amide bonds. The number of benzene rings is 2. The van der Waals surface area contributed by atoms with Gasteiger partial charge in [0.25, 0.3) is 0 Å². The number of thioether (sulfide) groups is 1. The topological polar surface area (TPSA) is 12.0 Å². The van der Waals surface area contributed by atoms with Gasteiger partial charge in [0.15, 0.2) is 0 Å². The summed E-state index contributed by atoms with van der Waals surface area (Å²) >= 11 is 2.05. The third-order valence-corrected chi connectivity index (χ3v) is 8.05. The smallest absolute Gasteiger partial charge is 0.0157 e. The summed E-state index contributed by atoms with van der Waals surface area (Å²) < 4.78 is 0. The van der Waals surface area contributed by atoms with Crippen LogP contribution in [0.4, 0.5) is 0 Å². The van der Waals surface area contributed by atoms with Crippen molar-refractivity contribution >= 4 is 11.8 Å². The van der Waals surface area contributed by atoms with Crippen LogP contribution in [0.3, 0.4) is 0 Å². The lowest BCUT2D eigenvalue weighted by molar-refractivity contribution is 0.431. The van der Waals surface area contributed by atoms with E-state index in [1.165, 1.54) is 89.9 Å². The Morgan fingerprint density at radius 3 is 2.41 bits per heavy atom. The molecule has 0 saturated carbocycles. The van der Waals surface area contributed by atoms with Gasteiger partial charge in [-0.15, -0.1) is 0 Å². The normalized spacial score (nSPS) is 20.0. The first-order valence-corrected chi connectivity index (χ1v) is 12.1. The monoisotopic (exact) mass is 401 g/mol. The predicted octanol–water partition coefficient (Wildman–Crippen LogP) is 6.71. The van der Waals surface area contributed by atoms with Gasteiger partial charge in [0, 0.05) is 4.90 Å². The van der Waals surface area contributed by atoms with Crippen molar-refractivity contribution < 1.29 is 0 Å². The highest BCUT2D eigenvalue weighted by Crippen LogP contribution is 2.42. The maximum atomic E-state index is 3.51. The molecule has 5 rings (SSSR count). The zero-order valence-corrected chi connectivity index (χ0v) is 18.3. The number of fused-ring (bicyclic) bond motifs is 2. The minimum absolute atomic E-state index is 0.748. The summed E-state index contributed by atoms with van der Waals surface area (Å²) in [5.41, 5.74) is 8.83. The van der Waals surface area contributed by atoms with E-state index in [-0.39, 0.29) is 0 Å². The third kappa shape index (κ3) is 4.25. The van der Waals surface area contributed by atoms with Gasteiger partial charge in [-0.1, -0.05) is 59.8 Å². The van der Waals surface area contributed by atoms with E-state index in [4.69, 9.17) is 0 Å². The summed E-state index contributed by atoms with van der Waals surface area (Å²) in [6, 6.07) is 14.3. The van der Waals surface area contributed by atoms with Crippen molar-refractivity contribution in [3.8, 4) is 11.1 Å². The van der Waals surface area contributed by atoms with Crippen LogP contribution in [0.1, 0.15) is 49.3 Å². The fraction of sp³-hybridized carbons (Fsp3) is 0.407. The molecule has 1 saturated heterocycles. The van der Waals surface area contributed by atoms with Crippen LogP contribution >= 0.6 is 11.8 Å². The van der Waals surface area contributed by atoms with Crippen LogP contribution in [-0.4, -0.2) is 13.1 Å². The quantitative estimate of drug-likeness (QED) is 0.561. The molecule has 2 heterocycles. The van der Waals surface area contributed by atoms with Crippen molar-refractivity contribution in [2.24, 2.45) is 5.92 Å². The van der Waals surface area contributed by atoms with Crippen molar-refractivity contribution in [2.45, 2.75) is 56.8 Å². The molecule has 2 aromatic rings. The number of hydrogen-bond donors (Lipinski definition) is 1. The number of rotatable bonds is 2. The molecular formula is C27H31NS. The van der Waals surface area contributed by atoms with E-state index in [2.05, 4.69) is 60.8 Å². The fourth-order valence-electron chi connectivity index (χ4n) is 4.99. The molecule has 2 aromatic carbocycles. The molecule has 2 aliphatic heterocycles. The molecule has 1 nitrogen and oxygen atoms in total. The van der Waals surface area contributed by atoms with E-state index < -0.39 is 0 Å². The molecule has 3 aliphatic rings. The molecule has 0 radical (unpaired) electrons. The van der Waals surface area contributed by atoms with Crippen molar-refractivity contribution in [3.05, 3.63) is 75.7 Å². The van der Waals surface area contributed by atoms with Gasteiger partial charge in [0.1, 0.15) is 0 Å². The Morgan fingerprint density at radius 1 is 0.828 bits per heavy atom. The molecule has 2 heteroatoms. The van der Waals surface area contributed by atoms with Gasteiger partial charge in [-0.3, -0.25) is 0 Å². The molecule has 1 aliphatic carbocycles. The van der Waals surface area contributed by atoms with E-state index in [0.717, 1.165) is 12.3 Å². The van der Waals surface area contributed by atoms with Crippen LogP contribution < -0.4 is 5.32 Å². The molecule has 0 bridgehead atoms. The molecule has 0 unspecified atom stereocenters. The number of nitrogens with one attached hydrogen (secondary N) is 1. The lowest BCUT2D eigenvalue weighted by Gasteiger charge is -2.25. The molecule has 0 spiro atoms. The van der Waals surface area contributed by atoms with E-state index in [1.54, 1.807) is 4.91 Å². The largest absolute Gasteiger partial charge is 0.317 e. The highest BCUT2D eigenvalue weighted by Gasteiger charge is 2.21. The van der Waals surface area contributed by atoms with Gasteiger partial charge < -0.3 is 5.32 Å². The Hall–Kier alpha value is -1.77. The van der Waals surface area contributed by atoms with Crippen LogP contribution in [-0.2, 0) is 19.3 Å². The van der Waals surface area contributed by atoms with Crippen LogP contribution in [0.25, 0.3) is 11.1 Å². The Bertz CT molecular complexity index is 962. The average molecular weight is 402 g/mol. The second-order valence-corrected chi connectivity index (χ2v) is 9.96. The summed E-state index contributed by atoms with van der Waals surface area (Å²) in [7, 11) is 0. The lowest BCUT2D eigenvalue weighted by atomic mass is 9.94. The first-order chi connectivity index (χ1) is 14.3. The van der Waals surface area contributed by atoms with Gasteiger partial charge >= 0.3 is 0 Å². The number of allylic oxidation sites excluding steroid dienone is 4. The van der Waals surface area contributed by atoms with Gasteiger partial charge in [-0.2, -0.15) is 0 Å². The van der Waals surface area contributed by atoms with E-state index in [1.807, 2.05) is 11.8 Å². The summed E-state index contributed by atoms with van der Waals surface area (Å²) in [5.74, 6) is 0.748. The van der Waals surface area contributed by atoms with Crippen LogP contribution in [0.15, 0.2) is 63.9 Å². The first kappa shape index (κ1) is 19.2. The molecule has 0 atom stereocenters. The molecule has 1 N–H and O–H groups in total. The van der Waals surface area contributed by atoms with Crippen molar-refractivity contribution in [2.75, 3.05) is 13.1 Å². The van der Waals surface area contributed by atoms with Crippen molar-refractivity contribution in [1.29, 1.82) is 0 Å². The van der Waals surface area contributed by atoms with Crippen molar-refractivity contribution in [3.63, 3.8) is 0 Å². The fourth-order valence-corrected chi connectivity index (χ4v) is 6.34. The second kappa shape index (κ2) is 8.53. The minimum atomic E-state index is 0.748. The molecule has 0 aromatic heterocycles. The molecular weight excluding hydrogens is 370 g/mol. The highest BCUT2D eigenvalue weighted by molar-refractivity contribution is 8.03. The number of piperidine rings is 1. The van der Waals surface area contributed by atoms with Gasteiger partial charge in [-0.25, -0.2) is 0 Å². The second-order valence-electron chi connectivity index (χ2n) is 8.84. The number of hydrogen-bond acceptors (Lipinski definition) is 2. The van der Waals surface area contributed by atoms with Crippen molar-refractivity contribution in [1.82, 2.24) is 5.32 Å². The summed E-state index contributed by atoms with van der Waals surface area (Å²) in [4.78, 5) is 3.10. The zero-order chi connectivity index (χ0) is 19.6. The Morgan fingerprint density at radius 2 is 1.55 bits per heavy atom. The molecule has 1 fully saturated rings. The maximum Gasteiger partial charge on any atom is 0.0157 e. The SMILES string of the molecule is CC1=CCCc2ccc(-c3ccc4c(c3)SC(C3CCNCC3)=CCC4)cc2C1. The van der Waals surface area contributed by atoms with Gasteiger partial charge in [0.05, 0.1) is 0 Å². The Labute approximate surface area is 179 Å². The summed E-state index contributed by atoms with van der Waals surface area (Å²) in [5, 5.41) is 3.51.